The van der Waals surface area contributed by atoms with Crippen LogP contribution in [0.5, 0.6) is 0 Å². The zero-order valence-electron chi connectivity index (χ0n) is 12.5. The summed E-state index contributed by atoms with van der Waals surface area (Å²) in [7, 11) is 0. The third-order valence-corrected chi connectivity index (χ3v) is 2.42. The quantitative estimate of drug-likeness (QED) is 0.673. The van der Waals surface area contributed by atoms with Crippen LogP contribution in [0.3, 0.4) is 0 Å². The molecule has 0 aliphatic carbocycles. The molecule has 5 nitrogen and oxygen atoms in total. The molecule has 5 heteroatoms. The second kappa shape index (κ2) is 8.69. The summed E-state index contributed by atoms with van der Waals surface area (Å²) >= 11 is 0. The number of aryl methyl sites for hydroxylation is 1. The van der Waals surface area contributed by atoms with Crippen LogP contribution in [0.1, 0.15) is 33.0 Å². The number of ether oxygens (including phenoxy) is 1. The van der Waals surface area contributed by atoms with Crippen LogP contribution in [0, 0.1) is 12.8 Å². The van der Waals surface area contributed by atoms with Crippen LogP contribution in [0.15, 0.2) is 6.07 Å². The predicted octanol–water partition coefficient (Wildman–Crippen LogP) is 2.69. The lowest BCUT2D eigenvalue weighted by atomic mass is 10.2. The van der Waals surface area contributed by atoms with Gasteiger partial charge in [0.1, 0.15) is 17.5 Å². The van der Waals surface area contributed by atoms with Gasteiger partial charge in [-0.15, -0.1) is 0 Å². The summed E-state index contributed by atoms with van der Waals surface area (Å²) in [6.07, 6.45) is 0.978. The van der Waals surface area contributed by atoms with Gasteiger partial charge in [0.05, 0.1) is 0 Å². The summed E-state index contributed by atoms with van der Waals surface area (Å²) in [5.74, 6) is 3.11. The third kappa shape index (κ3) is 6.96. The van der Waals surface area contributed by atoms with Crippen molar-refractivity contribution in [1.82, 2.24) is 9.97 Å². The van der Waals surface area contributed by atoms with Crippen LogP contribution in [-0.2, 0) is 4.74 Å². The molecule has 1 aromatic rings. The lowest BCUT2D eigenvalue weighted by Gasteiger charge is -2.10. The van der Waals surface area contributed by atoms with Crippen molar-refractivity contribution in [3.05, 3.63) is 11.9 Å². The summed E-state index contributed by atoms with van der Waals surface area (Å²) in [6, 6.07) is 1.94. The molecule has 0 aromatic carbocycles. The first-order valence-electron chi connectivity index (χ1n) is 7.03. The van der Waals surface area contributed by atoms with Crippen molar-refractivity contribution in [3.8, 4) is 0 Å². The fourth-order valence-corrected chi connectivity index (χ4v) is 1.64. The number of hydrogen-bond donors (Lipinski definition) is 2. The molecule has 0 aliphatic rings. The number of aromatic nitrogens is 2. The van der Waals surface area contributed by atoms with E-state index in [-0.39, 0.29) is 0 Å². The fourth-order valence-electron chi connectivity index (χ4n) is 1.64. The van der Waals surface area contributed by atoms with E-state index >= 15 is 0 Å². The Bertz CT molecular complexity index is 368. The molecule has 0 fully saturated rings. The first-order valence-corrected chi connectivity index (χ1v) is 7.03. The molecule has 2 N–H and O–H groups in total. The highest BCUT2D eigenvalue weighted by atomic mass is 16.5. The number of anilines is 2. The second-order valence-corrected chi connectivity index (χ2v) is 4.97. The molecule has 1 rings (SSSR count). The van der Waals surface area contributed by atoms with E-state index in [1.54, 1.807) is 0 Å². The molecule has 1 heterocycles. The van der Waals surface area contributed by atoms with Gasteiger partial charge in [-0.25, -0.2) is 9.97 Å². The van der Waals surface area contributed by atoms with Gasteiger partial charge in [-0.1, -0.05) is 13.8 Å². The first-order chi connectivity index (χ1) is 9.11. The highest BCUT2D eigenvalue weighted by molar-refractivity contribution is 5.47. The van der Waals surface area contributed by atoms with Crippen LogP contribution >= 0.6 is 0 Å². The van der Waals surface area contributed by atoms with Crippen molar-refractivity contribution in [2.45, 2.75) is 34.1 Å². The third-order valence-electron chi connectivity index (χ3n) is 2.42. The minimum absolute atomic E-state index is 0.597. The SMILES string of the molecule is CCNc1cc(NCCCOCC(C)C)nc(C)n1. The van der Waals surface area contributed by atoms with Gasteiger partial charge in [0.15, 0.2) is 0 Å². The lowest BCUT2D eigenvalue weighted by Crippen LogP contribution is -2.10. The molecule has 19 heavy (non-hydrogen) atoms. The Labute approximate surface area is 116 Å². The van der Waals surface area contributed by atoms with E-state index in [4.69, 9.17) is 4.74 Å². The van der Waals surface area contributed by atoms with E-state index in [1.807, 2.05) is 13.0 Å². The molecule has 0 atom stereocenters. The van der Waals surface area contributed by atoms with E-state index in [2.05, 4.69) is 41.4 Å². The van der Waals surface area contributed by atoms with Crippen molar-refractivity contribution < 1.29 is 4.74 Å². The molecule has 108 valence electrons. The summed E-state index contributed by atoms with van der Waals surface area (Å²) in [5.41, 5.74) is 0. The summed E-state index contributed by atoms with van der Waals surface area (Å²) in [5, 5.41) is 6.50. The Hall–Kier alpha value is -1.36. The minimum atomic E-state index is 0.597. The maximum absolute atomic E-state index is 5.53. The highest BCUT2D eigenvalue weighted by Crippen LogP contribution is 2.10. The molecule has 0 spiro atoms. The fraction of sp³-hybridized carbons (Fsp3) is 0.714. The van der Waals surface area contributed by atoms with E-state index in [9.17, 15) is 0 Å². The molecule has 0 amide bonds. The maximum Gasteiger partial charge on any atom is 0.131 e. The Morgan fingerprint density at radius 3 is 2.53 bits per heavy atom. The van der Waals surface area contributed by atoms with Gasteiger partial charge in [0, 0.05) is 32.4 Å². The van der Waals surface area contributed by atoms with Gasteiger partial charge >= 0.3 is 0 Å². The van der Waals surface area contributed by atoms with Crippen LogP contribution in [-0.4, -0.2) is 36.3 Å². The smallest absolute Gasteiger partial charge is 0.131 e. The van der Waals surface area contributed by atoms with Crippen LogP contribution in [0.25, 0.3) is 0 Å². The average Bonchev–Trinajstić information content (AvgIpc) is 2.33. The van der Waals surface area contributed by atoms with E-state index in [1.165, 1.54) is 0 Å². The van der Waals surface area contributed by atoms with Crippen molar-refractivity contribution in [2.24, 2.45) is 5.92 Å². The molecular weight excluding hydrogens is 240 g/mol. The molecule has 0 radical (unpaired) electrons. The topological polar surface area (TPSA) is 59.1 Å². The molecule has 0 aliphatic heterocycles. The van der Waals surface area contributed by atoms with Crippen molar-refractivity contribution >= 4 is 11.6 Å². The maximum atomic E-state index is 5.53. The van der Waals surface area contributed by atoms with E-state index in [0.29, 0.717) is 5.92 Å². The number of nitrogens with one attached hydrogen (secondary N) is 2. The van der Waals surface area contributed by atoms with Gasteiger partial charge in [0.2, 0.25) is 0 Å². The largest absolute Gasteiger partial charge is 0.381 e. The van der Waals surface area contributed by atoms with Crippen molar-refractivity contribution in [2.75, 3.05) is 36.9 Å². The van der Waals surface area contributed by atoms with Gasteiger partial charge in [-0.05, 0) is 26.2 Å². The molecule has 1 aromatic heterocycles. The Kier molecular flexibility index (Phi) is 7.18. The van der Waals surface area contributed by atoms with Crippen molar-refractivity contribution in [3.63, 3.8) is 0 Å². The highest BCUT2D eigenvalue weighted by Gasteiger charge is 2.00. The predicted molar refractivity (Wildman–Crippen MR) is 79.7 cm³/mol. The Morgan fingerprint density at radius 1 is 1.21 bits per heavy atom. The molecule has 0 unspecified atom stereocenters. The Morgan fingerprint density at radius 2 is 1.89 bits per heavy atom. The zero-order chi connectivity index (χ0) is 14.1. The normalized spacial score (nSPS) is 10.8. The van der Waals surface area contributed by atoms with Crippen molar-refractivity contribution in [1.29, 1.82) is 0 Å². The summed E-state index contributed by atoms with van der Waals surface area (Å²) in [4.78, 5) is 8.67. The number of hydrogen-bond acceptors (Lipinski definition) is 5. The van der Waals surface area contributed by atoms with Crippen LogP contribution in [0.4, 0.5) is 11.6 Å². The van der Waals surface area contributed by atoms with Gasteiger partial charge in [0.25, 0.3) is 0 Å². The molecule has 0 saturated carbocycles. The van der Waals surface area contributed by atoms with Gasteiger partial charge in [-0.3, -0.25) is 0 Å². The minimum Gasteiger partial charge on any atom is -0.381 e. The summed E-state index contributed by atoms with van der Waals surface area (Å²) < 4.78 is 5.53. The van der Waals surface area contributed by atoms with Crippen LogP contribution in [0.2, 0.25) is 0 Å². The first kappa shape index (κ1) is 15.7. The number of nitrogens with zero attached hydrogens (tertiary/aromatic N) is 2. The zero-order valence-corrected chi connectivity index (χ0v) is 12.5. The lowest BCUT2D eigenvalue weighted by molar-refractivity contribution is 0.110. The molecule has 0 bridgehead atoms. The standard InChI is InChI=1S/C14H26N4O/c1-5-15-13-9-14(18-12(4)17-13)16-7-6-8-19-10-11(2)3/h9,11H,5-8,10H2,1-4H3,(H2,15,16,17,18). The van der Waals surface area contributed by atoms with Gasteiger partial charge in [-0.2, -0.15) is 0 Å². The van der Waals surface area contributed by atoms with Crippen LogP contribution < -0.4 is 10.6 Å². The molecule has 0 saturated heterocycles. The van der Waals surface area contributed by atoms with E-state index in [0.717, 1.165) is 50.2 Å². The number of rotatable bonds is 9. The average molecular weight is 266 g/mol. The van der Waals surface area contributed by atoms with E-state index < -0.39 is 0 Å². The second-order valence-electron chi connectivity index (χ2n) is 4.97. The molecular formula is C14H26N4O. The Balaban J connectivity index is 2.28. The monoisotopic (exact) mass is 266 g/mol. The van der Waals surface area contributed by atoms with Gasteiger partial charge < -0.3 is 15.4 Å². The summed E-state index contributed by atoms with van der Waals surface area (Å²) in [6.45, 7) is 11.6.